The average Bonchev–Trinajstić information content (AvgIpc) is 3.12. The third kappa shape index (κ3) is 2.67. The number of nitrogens with one attached hydrogen (secondary N) is 1. The predicted octanol–water partition coefficient (Wildman–Crippen LogP) is 2.54. The molecule has 19 heavy (non-hydrogen) atoms. The highest BCUT2D eigenvalue weighted by molar-refractivity contribution is 5.94. The zero-order chi connectivity index (χ0) is 13.1. The van der Waals surface area contributed by atoms with Crippen molar-refractivity contribution < 1.29 is 4.79 Å². The number of aromatic nitrogens is 2. The second-order valence-corrected chi connectivity index (χ2v) is 4.96. The van der Waals surface area contributed by atoms with E-state index in [1.165, 1.54) is 12.8 Å². The molecule has 0 saturated heterocycles. The standard InChI is InChI=1S/C15H17N3O/c19-15(17-13-6-1-2-7-13)12-5-3-8-14(11-12)18-10-4-9-16-18/h3-5,8-11,13H,1-2,6-7H2,(H,17,19). The van der Waals surface area contributed by atoms with Gasteiger partial charge in [-0.05, 0) is 37.1 Å². The van der Waals surface area contributed by atoms with Gasteiger partial charge >= 0.3 is 0 Å². The number of carbonyl (C=O) groups excluding carboxylic acids is 1. The van der Waals surface area contributed by atoms with E-state index in [9.17, 15) is 4.79 Å². The predicted molar refractivity (Wildman–Crippen MR) is 73.3 cm³/mol. The van der Waals surface area contributed by atoms with Crippen LogP contribution in [0.5, 0.6) is 0 Å². The Hall–Kier alpha value is -2.10. The summed E-state index contributed by atoms with van der Waals surface area (Å²) in [5.41, 5.74) is 1.60. The maximum Gasteiger partial charge on any atom is 0.251 e. The van der Waals surface area contributed by atoms with E-state index in [1.54, 1.807) is 10.9 Å². The second-order valence-electron chi connectivity index (χ2n) is 4.96. The third-order valence-corrected chi connectivity index (χ3v) is 3.57. The largest absolute Gasteiger partial charge is 0.349 e. The van der Waals surface area contributed by atoms with Crippen molar-refractivity contribution in [1.29, 1.82) is 0 Å². The fraction of sp³-hybridized carbons (Fsp3) is 0.333. The van der Waals surface area contributed by atoms with Crippen LogP contribution in [0.15, 0.2) is 42.7 Å². The first-order valence-electron chi connectivity index (χ1n) is 6.74. The molecule has 1 aliphatic rings. The molecule has 1 amide bonds. The van der Waals surface area contributed by atoms with Crippen molar-refractivity contribution >= 4 is 5.91 Å². The number of benzene rings is 1. The summed E-state index contributed by atoms with van der Waals surface area (Å²) in [5.74, 6) is 0.0147. The summed E-state index contributed by atoms with van der Waals surface area (Å²) in [6.07, 6.45) is 8.24. The molecule has 0 radical (unpaired) electrons. The summed E-state index contributed by atoms with van der Waals surface area (Å²) < 4.78 is 1.76. The lowest BCUT2D eigenvalue weighted by Gasteiger charge is -2.12. The summed E-state index contributed by atoms with van der Waals surface area (Å²) in [5, 5.41) is 7.27. The molecule has 1 aliphatic carbocycles. The first-order chi connectivity index (χ1) is 9.33. The van der Waals surface area contributed by atoms with Crippen molar-refractivity contribution in [2.24, 2.45) is 0 Å². The van der Waals surface area contributed by atoms with Gasteiger partial charge in [0.1, 0.15) is 0 Å². The number of hydrogen-bond acceptors (Lipinski definition) is 2. The number of rotatable bonds is 3. The number of hydrogen-bond donors (Lipinski definition) is 1. The maximum absolute atomic E-state index is 12.2. The van der Waals surface area contributed by atoms with Crippen LogP contribution in [0, 0.1) is 0 Å². The molecular weight excluding hydrogens is 238 g/mol. The van der Waals surface area contributed by atoms with Crippen LogP contribution >= 0.6 is 0 Å². The first-order valence-corrected chi connectivity index (χ1v) is 6.74. The smallest absolute Gasteiger partial charge is 0.251 e. The monoisotopic (exact) mass is 255 g/mol. The van der Waals surface area contributed by atoms with Gasteiger partial charge in [-0.15, -0.1) is 0 Å². The summed E-state index contributed by atoms with van der Waals surface area (Å²) in [4.78, 5) is 12.2. The van der Waals surface area contributed by atoms with Crippen LogP contribution in [0.4, 0.5) is 0 Å². The van der Waals surface area contributed by atoms with Crippen molar-refractivity contribution in [3.05, 3.63) is 48.3 Å². The SMILES string of the molecule is O=C(NC1CCCC1)c1cccc(-n2cccn2)c1. The molecule has 4 heteroatoms. The molecule has 2 aromatic rings. The molecule has 1 fully saturated rings. The molecule has 0 spiro atoms. The van der Waals surface area contributed by atoms with Crippen molar-refractivity contribution in [3.8, 4) is 5.69 Å². The van der Waals surface area contributed by atoms with E-state index in [4.69, 9.17) is 0 Å². The van der Waals surface area contributed by atoms with Crippen LogP contribution in [0.1, 0.15) is 36.0 Å². The number of nitrogens with zero attached hydrogens (tertiary/aromatic N) is 2. The Bertz CT molecular complexity index is 557. The van der Waals surface area contributed by atoms with E-state index in [2.05, 4.69) is 10.4 Å². The van der Waals surface area contributed by atoms with Gasteiger partial charge in [-0.25, -0.2) is 4.68 Å². The quantitative estimate of drug-likeness (QED) is 0.916. The zero-order valence-electron chi connectivity index (χ0n) is 10.7. The Labute approximate surface area is 112 Å². The van der Waals surface area contributed by atoms with Gasteiger partial charge in [-0.1, -0.05) is 18.9 Å². The lowest BCUT2D eigenvalue weighted by Crippen LogP contribution is -2.32. The molecule has 0 aliphatic heterocycles. The van der Waals surface area contributed by atoms with Gasteiger partial charge in [0, 0.05) is 24.0 Å². The fourth-order valence-corrected chi connectivity index (χ4v) is 2.55. The minimum atomic E-state index is 0.0147. The molecule has 1 aromatic heterocycles. The van der Waals surface area contributed by atoms with E-state index in [0.717, 1.165) is 18.5 Å². The minimum Gasteiger partial charge on any atom is -0.349 e. The van der Waals surface area contributed by atoms with Gasteiger partial charge in [0.2, 0.25) is 0 Å². The maximum atomic E-state index is 12.2. The first kappa shape index (κ1) is 12.0. The molecular formula is C15H17N3O. The Kier molecular flexibility index (Phi) is 3.31. The zero-order valence-corrected chi connectivity index (χ0v) is 10.7. The van der Waals surface area contributed by atoms with E-state index in [0.29, 0.717) is 11.6 Å². The molecule has 1 saturated carbocycles. The Morgan fingerprint density at radius 2 is 2.11 bits per heavy atom. The minimum absolute atomic E-state index is 0.0147. The molecule has 98 valence electrons. The molecule has 1 aromatic carbocycles. The molecule has 0 atom stereocenters. The molecule has 1 N–H and O–H groups in total. The summed E-state index contributed by atoms with van der Waals surface area (Å²) >= 11 is 0. The van der Waals surface area contributed by atoms with E-state index in [1.807, 2.05) is 36.5 Å². The lowest BCUT2D eigenvalue weighted by molar-refractivity contribution is 0.0938. The molecule has 1 heterocycles. The highest BCUT2D eigenvalue weighted by Crippen LogP contribution is 2.18. The summed E-state index contributed by atoms with van der Waals surface area (Å²) in [6.45, 7) is 0. The van der Waals surface area contributed by atoms with Gasteiger partial charge in [0.05, 0.1) is 5.69 Å². The van der Waals surface area contributed by atoms with Gasteiger partial charge in [-0.2, -0.15) is 5.10 Å². The van der Waals surface area contributed by atoms with Crippen LogP contribution in [0.2, 0.25) is 0 Å². The second kappa shape index (κ2) is 5.26. The van der Waals surface area contributed by atoms with Crippen LogP contribution < -0.4 is 5.32 Å². The molecule has 3 rings (SSSR count). The van der Waals surface area contributed by atoms with E-state index >= 15 is 0 Å². The normalized spacial score (nSPS) is 15.6. The Balaban J connectivity index is 1.77. The number of amides is 1. The van der Waals surface area contributed by atoms with Crippen LogP contribution in [-0.4, -0.2) is 21.7 Å². The number of carbonyl (C=O) groups is 1. The third-order valence-electron chi connectivity index (χ3n) is 3.57. The Morgan fingerprint density at radius 3 is 2.84 bits per heavy atom. The van der Waals surface area contributed by atoms with Crippen molar-refractivity contribution in [2.75, 3.05) is 0 Å². The van der Waals surface area contributed by atoms with Crippen molar-refractivity contribution in [1.82, 2.24) is 15.1 Å². The van der Waals surface area contributed by atoms with Gasteiger partial charge < -0.3 is 5.32 Å². The van der Waals surface area contributed by atoms with Crippen LogP contribution in [0.25, 0.3) is 5.69 Å². The van der Waals surface area contributed by atoms with E-state index < -0.39 is 0 Å². The average molecular weight is 255 g/mol. The molecule has 0 unspecified atom stereocenters. The highest BCUT2D eigenvalue weighted by atomic mass is 16.1. The highest BCUT2D eigenvalue weighted by Gasteiger charge is 2.18. The van der Waals surface area contributed by atoms with Crippen molar-refractivity contribution in [2.45, 2.75) is 31.7 Å². The fourth-order valence-electron chi connectivity index (χ4n) is 2.55. The van der Waals surface area contributed by atoms with E-state index in [-0.39, 0.29) is 5.91 Å². The van der Waals surface area contributed by atoms with Gasteiger partial charge in [0.15, 0.2) is 0 Å². The molecule has 4 nitrogen and oxygen atoms in total. The Morgan fingerprint density at radius 1 is 1.26 bits per heavy atom. The van der Waals surface area contributed by atoms with Crippen LogP contribution in [-0.2, 0) is 0 Å². The van der Waals surface area contributed by atoms with Crippen LogP contribution in [0.3, 0.4) is 0 Å². The lowest BCUT2D eigenvalue weighted by atomic mass is 10.1. The summed E-state index contributed by atoms with van der Waals surface area (Å²) in [7, 11) is 0. The summed E-state index contributed by atoms with van der Waals surface area (Å²) in [6, 6.07) is 9.76. The van der Waals surface area contributed by atoms with Gasteiger partial charge in [-0.3, -0.25) is 4.79 Å². The van der Waals surface area contributed by atoms with Crippen molar-refractivity contribution in [3.63, 3.8) is 0 Å². The van der Waals surface area contributed by atoms with Gasteiger partial charge in [0.25, 0.3) is 5.91 Å². The topological polar surface area (TPSA) is 46.9 Å². The molecule has 0 bridgehead atoms.